The number of rotatable bonds is 7. The van der Waals surface area contributed by atoms with E-state index in [1.54, 1.807) is 6.92 Å². The number of alkyl halides is 3. The summed E-state index contributed by atoms with van der Waals surface area (Å²) in [7, 11) is 0. The van der Waals surface area contributed by atoms with Crippen molar-refractivity contribution in [3.63, 3.8) is 0 Å². The summed E-state index contributed by atoms with van der Waals surface area (Å²) in [4.78, 5) is 38.3. The van der Waals surface area contributed by atoms with E-state index in [-0.39, 0.29) is 48.2 Å². The van der Waals surface area contributed by atoms with E-state index in [9.17, 15) is 32.7 Å². The van der Waals surface area contributed by atoms with Crippen molar-refractivity contribution in [3.8, 4) is 16.9 Å². The fraction of sp³-hybridized carbons (Fsp3) is 0.263. The lowest BCUT2D eigenvalue weighted by Crippen LogP contribution is -2.27. The third kappa shape index (κ3) is 5.53. The number of aldehydes is 1. The van der Waals surface area contributed by atoms with Crippen LogP contribution in [0.25, 0.3) is 11.1 Å². The Morgan fingerprint density at radius 2 is 2.00 bits per heavy atom. The summed E-state index contributed by atoms with van der Waals surface area (Å²) in [6.07, 6.45) is -3.40. The van der Waals surface area contributed by atoms with Crippen molar-refractivity contribution < 1.29 is 37.4 Å². The molecule has 1 amide bonds. The molecule has 0 saturated carbocycles. The topological polar surface area (TPSA) is 106 Å². The van der Waals surface area contributed by atoms with E-state index in [1.807, 2.05) is 0 Å². The van der Waals surface area contributed by atoms with Gasteiger partial charge in [-0.1, -0.05) is 6.07 Å². The number of phenolic OH excluding ortho intramolecular Hbond substituents is 1. The van der Waals surface area contributed by atoms with Gasteiger partial charge in [0.05, 0.1) is 24.2 Å². The second-order valence-electron chi connectivity index (χ2n) is 5.82. The fourth-order valence-electron chi connectivity index (χ4n) is 2.45. The molecular formula is C19H17F3N2O5. The second-order valence-corrected chi connectivity index (χ2v) is 5.82. The Hall–Kier alpha value is -3.43. The van der Waals surface area contributed by atoms with Gasteiger partial charge in [-0.2, -0.15) is 13.2 Å². The highest BCUT2D eigenvalue weighted by molar-refractivity contribution is 5.94. The molecule has 10 heteroatoms. The van der Waals surface area contributed by atoms with Crippen molar-refractivity contribution >= 4 is 18.2 Å². The predicted molar refractivity (Wildman–Crippen MR) is 95.3 cm³/mol. The maximum absolute atomic E-state index is 13.0. The molecule has 0 fully saturated rings. The van der Waals surface area contributed by atoms with Crippen LogP contribution in [-0.2, 0) is 15.7 Å². The van der Waals surface area contributed by atoms with Crippen LogP contribution in [-0.4, -0.2) is 41.4 Å². The van der Waals surface area contributed by atoms with Crippen LogP contribution >= 0.6 is 0 Å². The van der Waals surface area contributed by atoms with E-state index in [2.05, 4.69) is 10.3 Å². The molecule has 0 unspecified atom stereocenters. The van der Waals surface area contributed by atoms with Crippen molar-refractivity contribution in [2.24, 2.45) is 0 Å². The first-order valence-corrected chi connectivity index (χ1v) is 8.47. The Labute approximate surface area is 163 Å². The highest BCUT2D eigenvalue weighted by atomic mass is 19.4. The molecule has 0 spiro atoms. The number of carbonyl (C=O) groups excluding carboxylic acids is 3. The SMILES string of the molecule is CCOC(=O)CCNC(=O)c1ccc(-c2cc(C(F)(F)F)cc(O)c2C=O)cn1. The van der Waals surface area contributed by atoms with Crippen LogP contribution in [0.3, 0.4) is 0 Å². The van der Waals surface area contributed by atoms with Crippen LogP contribution in [0.2, 0.25) is 0 Å². The first kappa shape index (κ1) is 21.9. The number of amides is 1. The molecule has 0 aliphatic heterocycles. The highest BCUT2D eigenvalue weighted by Crippen LogP contribution is 2.37. The summed E-state index contributed by atoms with van der Waals surface area (Å²) < 4.78 is 43.7. The highest BCUT2D eigenvalue weighted by Gasteiger charge is 2.32. The van der Waals surface area contributed by atoms with Crippen molar-refractivity contribution in [2.75, 3.05) is 13.2 Å². The number of aromatic hydroxyl groups is 1. The number of hydrogen-bond donors (Lipinski definition) is 2. The smallest absolute Gasteiger partial charge is 0.416 e. The molecular weight excluding hydrogens is 393 g/mol. The summed E-state index contributed by atoms with van der Waals surface area (Å²) in [5.41, 5.74) is -1.56. The average molecular weight is 410 g/mol. The van der Waals surface area contributed by atoms with E-state index < -0.39 is 29.4 Å². The Balaban J connectivity index is 2.21. The molecule has 0 aliphatic carbocycles. The van der Waals surface area contributed by atoms with Crippen molar-refractivity contribution in [2.45, 2.75) is 19.5 Å². The minimum atomic E-state index is -4.72. The largest absolute Gasteiger partial charge is 0.507 e. The van der Waals surface area contributed by atoms with Crippen molar-refractivity contribution in [1.29, 1.82) is 0 Å². The number of ether oxygens (including phenoxy) is 1. The van der Waals surface area contributed by atoms with Gasteiger partial charge in [0.2, 0.25) is 0 Å². The number of phenols is 1. The molecule has 1 aromatic carbocycles. The zero-order chi connectivity index (χ0) is 21.6. The zero-order valence-electron chi connectivity index (χ0n) is 15.2. The Morgan fingerprint density at radius 1 is 1.28 bits per heavy atom. The van der Waals surface area contributed by atoms with E-state index >= 15 is 0 Å². The number of pyridine rings is 1. The lowest BCUT2D eigenvalue weighted by Gasteiger charge is -2.13. The number of nitrogens with one attached hydrogen (secondary N) is 1. The van der Waals surface area contributed by atoms with Crippen LogP contribution < -0.4 is 5.32 Å². The number of nitrogens with zero attached hydrogens (tertiary/aromatic N) is 1. The third-order valence-electron chi connectivity index (χ3n) is 3.83. The van der Waals surface area contributed by atoms with E-state index in [4.69, 9.17) is 4.74 Å². The number of aromatic nitrogens is 1. The lowest BCUT2D eigenvalue weighted by molar-refractivity contribution is -0.143. The minimum Gasteiger partial charge on any atom is -0.507 e. The standard InChI is InChI=1S/C19H17F3N2O5/c1-2-29-17(27)5-6-23-18(28)15-4-3-11(9-24-15)13-7-12(19(20,21)22)8-16(26)14(13)10-25/h3-4,7-10,26H,2,5-6H2,1H3,(H,23,28). The fourth-order valence-corrected chi connectivity index (χ4v) is 2.45. The summed E-state index contributed by atoms with van der Waals surface area (Å²) in [6, 6.07) is 3.74. The lowest BCUT2D eigenvalue weighted by atomic mass is 9.97. The summed E-state index contributed by atoms with van der Waals surface area (Å²) in [6.45, 7) is 1.91. The van der Waals surface area contributed by atoms with Crippen molar-refractivity contribution in [3.05, 3.63) is 47.3 Å². The Morgan fingerprint density at radius 3 is 2.55 bits per heavy atom. The van der Waals surface area contributed by atoms with Gasteiger partial charge in [0.1, 0.15) is 11.4 Å². The molecule has 1 aromatic heterocycles. The molecule has 2 aromatic rings. The summed E-state index contributed by atoms with van der Waals surface area (Å²) in [5.74, 6) is -1.88. The normalized spacial score (nSPS) is 11.0. The number of carbonyl (C=O) groups is 3. The summed E-state index contributed by atoms with van der Waals surface area (Å²) in [5, 5.41) is 12.2. The third-order valence-corrected chi connectivity index (χ3v) is 3.83. The van der Waals surface area contributed by atoms with Crippen LogP contribution in [0.15, 0.2) is 30.5 Å². The summed E-state index contributed by atoms with van der Waals surface area (Å²) >= 11 is 0. The number of hydrogen-bond acceptors (Lipinski definition) is 6. The van der Waals surface area contributed by atoms with Gasteiger partial charge in [0.25, 0.3) is 5.91 Å². The Kier molecular flexibility index (Phi) is 6.92. The van der Waals surface area contributed by atoms with E-state index in [0.29, 0.717) is 6.07 Å². The molecule has 2 N–H and O–H groups in total. The van der Waals surface area contributed by atoms with Gasteiger partial charge < -0.3 is 15.2 Å². The molecule has 29 heavy (non-hydrogen) atoms. The maximum atomic E-state index is 13.0. The van der Waals surface area contributed by atoms with Crippen molar-refractivity contribution in [1.82, 2.24) is 10.3 Å². The second kappa shape index (κ2) is 9.18. The molecule has 0 atom stereocenters. The molecule has 0 bridgehead atoms. The van der Waals surface area contributed by atoms with Gasteiger partial charge in [0, 0.05) is 18.3 Å². The molecule has 2 rings (SSSR count). The maximum Gasteiger partial charge on any atom is 0.416 e. The van der Waals surface area contributed by atoms with Gasteiger partial charge in [-0.3, -0.25) is 19.4 Å². The van der Waals surface area contributed by atoms with Crippen LogP contribution in [0.5, 0.6) is 5.75 Å². The quantitative estimate of drug-likeness (QED) is 0.537. The van der Waals surface area contributed by atoms with Gasteiger partial charge in [-0.15, -0.1) is 0 Å². The molecule has 1 heterocycles. The first-order valence-electron chi connectivity index (χ1n) is 8.47. The van der Waals surface area contributed by atoms with Crippen LogP contribution in [0.4, 0.5) is 13.2 Å². The van der Waals surface area contributed by atoms with Gasteiger partial charge >= 0.3 is 12.1 Å². The average Bonchev–Trinajstić information content (AvgIpc) is 2.67. The van der Waals surface area contributed by atoms with Gasteiger partial charge in [-0.05, 0) is 30.7 Å². The predicted octanol–water partition coefficient (Wildman–Crippen LogP) is 2.97. The molecule has 0 saturated heterocycles. The molecule has 0 aliphatic rings. The number of esters is 1. The van der Waals surface area contributed by atoms with E-state index in [0.717, 1.165) is 12.3 Å². The molecule has 154 valence electrons. The number of halogens is 3. The van der Waals surface area contributed by atoms with E-state index in [1.165, 1.54) is 12.1 Å². The monoisotopic (exact) mass is 410 g/mol. The van der Waals surface area contributed by atoms with Gasteiger partial charge in [0.15, 0.2) is 6.29 Å². The Bertz CT molecular complexity index is 911. The van der Waals surface area contributed by atoms with Gasteiger partial charge in [-0.25, -0.2) is 0 Å². The first-order chi connectivity index (χ1) is 13.7. The van der Waals surface area contributed by atoms with Crippen LogP contribution in [0.1, 0.15) is 39.8 Å². The zero-order valence-corrected chi connectivity index (χ0v) is 15.2. The molecule has 7 nitrogen and oxygen atoms in total. The number of benzene rings is 1. The molecule has 0 radical (unpaired) electrons. The van der Waals surface area contributed by atoms with Crippen LogP contribution in [0, 0.1) is 0 Å². The minimum absolute atomic E-state index is 0.0239.